The van der Waals surface area contributed by atoms with Crippen LogP contribution >= 0.6 is 0 Å². The SMILES string of the molecule is NC(=O)c1ccc(Oc2ccc(C(=O)N3CCC(c4c[nH]c5ncccc45)CC3)cc2)cc1. The van der Waals surface area contributed by atoms with Crippen molar-refractivity contribution in [2.75, 3.05) is 13.1 Å². The summed E-state index contributed by atoms with van der Waals surface area (Å²) in [6, 6.07) is 17.8. The van der Waals surface area contributed by atoms with E-state index in [4.69, 9.17) is 10.5 Å². The maximum absolute atomic E-state index is 13.0. The van der Waals surface area contributed by atoms with Crippen LogP contribution in [0.1, 0.15) is 45.0 Å². The van der Waals surface area contributed by atoms with Gasteiger partial charge in [0.15, 0.2) is 0 Å². The molecule has 2 aromatic carbocycles. The molecule has 2 amide bonds. The first-order valence-corrected chi connectivity index (χ1v) is 11.0. The molecule has 7 heteroatoms. The summed E-state index contributed by atoms with van der Waals surface area (Å²) in [6.07, 6.45) is 5.70. The van der Waals surface area contributed by atoms with Crippen LogP contribution in [0.2, 0.25) is 0 Å². The Hall–Kier alpha value is -4.13. The van der Waals surface area contributed by atoms with Gasteiger partial charge in [-0.25, -0.2) is 4.98 Å². The van der Waals surface area contributed by atoms with Crippen LogP contribution in [0.4, 0.5) is 0 Å². The molecule has 0 bridgehead atoms. The molecule has 4 aromatic rings. The first-order chi connectivity index (χ1) is 16.1. The highest BCUT2D eigenvalue weighted by Crippen LogP contribution is 2.33. The molecule has 0 unspecified atom stereocenters. The number of aromatic nitrogens is 2. The van der Waals surface area contributed by atoms with Gasteiger partial charge in [-0.05, 0) is 85.0 Å². The Morgan fingerprint density at radius 2 is 1.58 bits per heavy atom. The van der Waals surface area contributed by atoms with E-state index in [1.807, 2.05) is 11.0 Å². The molecule has 0 atom stereocenters. The Morgan fingerprint density at radius 1 is 0.939 bits per heavy atom. The summed E-state index contributed by atoms with van der Waals surface area (Å²) in [7, 11) is 0. The van der Waals surface area contributed by atoms with Gasteiger partial charge in [0.1, 0.15) is 17.1 Å². The molecule has 1 aliphatic heterocycles. The van der Waals surface area contributed by atoms with Crippen molar-refractivity contribution in [2.24, 2.45) is 5.73 Å². The van der Waals surface area contributed by atoms with Crippen LogP contribution in [-0.2, 0) is 0 Å². The van der Waals surface area contributed by atoms with E-state index < -0.39 is 5.91 Å². The number of rotatable bonds is 5. The van der Waals surface area contributed by atoms with Crippen molar-refractivity contribution in [3.63, 3.8) is 0 Å². The summed E-state index contributed by atoms with van der Waals surface area (Å²) in [5.41, 5.74) is 8.52. The van der Waals surface area contributed by atoms with Crippen molar-refractivity contribution in [2.45, 2.75) is 18.8 Å². The lowest BCUT2D eigenvalue weighted by Crippen LogP contribution is -2.37. The van der Waals surface area contributed by atoms with E-state index in [-0.39, 0.29) is 5.91 Å². The molecule has 5 rings (SSSR count). The highest BCUT2D eigenvalue weighted by Gasteiger charge is 2.26. The van der Waals surface area contributed by atoms with Gasteiger partial charge in [0, 0.05) is 42.0 Å². The molecule has 0 radical (unpaired) electrons. The lowest BCUT2D eigenvalue weighted by atomic mass is 9.89. The van der Waals surface area contributed by atoms with Crippen LogP contribution in [0, 0.1) is 0 Å². The number of primary amides is 1. The summed E-state index contributed by atoms with van der Waals surface area (Å²) in [5.74, 6) is 1.18. The molecule has 0 aliphatic carbocycles. The number of hydrogen-bond donors (Lipinski definition) is 2. The van der Waals surface area contributed by atoms with Crippen LogP contribution in [0.25, 0.3) is 11.0 Å². The molecule has 1 fully saturated rings. The third kappa shape index (κ3) is 4.30. The summed E-state index contributed by atoms with van der Waals surface area (Å²) >= 11 is 0. The number of pyridine rings is 1. The fourth-order valence-electron chi connectivity index (χ4n) is 4.38. The normalized spacial score (nSPS) is 14.4. The van der Waals surface area contributed by atoms with Crippen molar-refractivity contribution in [1.29, 1.82) is 0 Å². The lowest BCUT2D eigenvalue weighted by Gasteiger charge is -2.32. The second kappa shape index (κ2) is 8.78. The lowest BCUT2D eigenvalue weighted by molar-refractivity contribution is 0.0713. The minimum atomic E-state index is -0.480. The van der Waals surface area contributed by atoms with E-state index in [1.54, 1.807) is 54.7 Å². The average molecular weight is 441 g/mol. The number of hydrogen-bond acceptors (Lipinski definition) is 4. The molecule has 1 saturated heterocycles. The third-order valence-electron chi connectivity index (χ3n) is 6.18. The Balaban J connectivity index is 1.20. The number of carbonyl (C=O) groups excluding carboxylic acids is 2. The van der Waals surface area contributed by atoms with Crippen molar-refractivity contribution in [1.82, 2.24) is 14.9 Å². The molecule has 33 heavy (non-hydrogen) atoms. The minimum absolute atomic E-state index is 0.0337. The highest BCUT2D eigenvalue weighted by molar-refractivity contribution is 5.94. The van der Waals surface area contributed by atoms with Gasteiger partial charge in [-0.2, -0.15) is 0 Å². The predicted molar refractivity (Wildman–Crippen MR) is 125 cm³/mol. The fourth-order valence-corrected chi connectivity index (χ4v) is 4.38. The second-order valence-corrected chi connectivity index (χ2v) is 8.23. The highest BCUT2D eigenvalue weighted by atomic mass is 16.5. The molecule has 3 N–H and O–H groups in total. The molecular weight excluding hydrogens is 416 g/mol. The van der Waals surface area contributed by atoms with Crippen molar-refractivity contribution in [3.8, 4) is 11.5 Å². The molecule has 3 heterocycles. The zero-order valence-electron chi connectivity index (χ0n) is 18.0. The summed E-state index contributed by atoms with van der Waals surface area (Å²) in [5, 5.41) is 1.17. The summed E-state index contributed by atoms with van der Waals surface area (Å²) in [4.78, 5) is 33.7. The molecule has 0 saturated carbocycles. The van der Waals surface area contributed by atoms with Crippen molar-refractivity contribution in [3.05, 3.63) is 89.7 Å². The number of carbonyl (C=O) groups is 2. The zero-order valence-corrected chi connectivity index (χ0v) is 18.0. The average Bonchev–Trinajstić information content (AvgIpc) is 3.29. The van der Waals surface area contributed by atoms with Crippen LogP contribution in [0.5, 0.6) is 11.5 Å². The number of benzene rings is 2. The first-order valence-electron chi connectivity index (χ1n) is 11.0. The van der Waals surface area contributed by atoms with Crippen molar-refractivity contribution < 1.29 is 14.3 Å². The minimum Gasteiger partial charge on any atom is -0.457 e. The summed E-state index contributed by atoms with van der Waals surface area (Å²) in [6.45, 7) is 1.45. The largest absolute Gasteiger partial charge is 0.457 e. The predicted octanol–water partition coefficient (Wildman–Crippen LogP) is 4.47. The fraction of sp³-hybridized carbons (Fsp3) is 0.192. The number of nitrogens with one attached hydrogen (secondary N) is 1. The smallest absolute Gasteiger partial charge is 0.253 e. The van der Waals surface area contributed by atoms with Gasteiger partial charge in [0.05, 0.1) is 0 Å². The van der Waals surface area contributed by atoms with Gasteiger partial charge in [-0.15, -0.1) is 0 Å². The number of nitrogens with zero attached hydrogens (tertiary/aromatic N) is 2. The molecule has 7 nitrogen and oxygen atoms in total. The Labute approximate surface area is 191 Å². The molecular formula is C26H24N4O3. The van der Waals surface area contributed by atoms with Crippen LogP contribution in [0.3, 0.4) is 0 Å². The van der Waals surface area contributed by atoms with E-state index in [1.165, 1.54) is 10.9 Å². The van der Waals surface area contributed by atoms with Crippen LogP contribution in [0.15, 0.2) is 73.1 Å². The molecule has 2 aromatic heterocycles. The van der Waals surface area contributed by atoms with Gasteiger partial charge >= 0.3 is 0 Å². The topological polar surface area (TPSA) is 101 Å². The van der Waals surface area contributed by atoms with Crippen molar-refractivity contribution >= 4 is 22.8 Å². The van der Waals surface area contributed by atoms with Gasteiger partial charge in [0.2, 0.25) is 5.91 Å². The maximum atomic E-state index is 13.0. The van der Waals surface area contributed by atoms with Gasteiger partial charge in [0.25, 0.3) is 5.91 Å². The maximum Gasteiger partial charge on any atom is 0.253 e. The standard InChI is InChI=1S/C26H24N4O3/c27-24(31)18-3-7-20(8-4-18)33-21-9-5-19(6-10-21)26(32)30-14-11-17(12-15-30)23-16-29-25-22(23)2-1-13-28-25/h1-10,13,16-17H,11-12,14-15H2,(H2,27,31)(H,28,29). The number of amides is 2. The van der Waals surface area contributed by atoms with Gasteiger partial charge in [-0.3, -0.25) is 9.59 Å². The van der Waals surface area contributed by atoms with E-state index in [0.29, 0.717) is 28.5 Å². The van der Waals surface area contributed by atoms with E-state index >= 15 is 0 Å². The number of H-pyrrole nitrogens is 1. The third-order valence-corrected chi connectivity index (χ3v) is 6.18. The number of aromatic amines is 1. The van der Waals surface area contributed by atoms with E-state index in [0.717, 1.165) is 31.6 Å². The quantitative estimate of drug-likeness (QED) is 0.478. The molecule has 166 valence electrons. The second-order valence-electron chi connectivity index (χ2n) is 8.23. The number of fused-ring (bicyclic) bond motifs is 1. The number of piperidine rings is 1. The zero-order chi connectivity index (χ0) is 22.8. The van der Waals surface area contributed by atoms with E-state index in [9.17, 15) is 9.59 Å². The molecule has 0 spiro atoms. The van der Waals surface area contributed by atoms with Gasteiger partial charge < -0.3 is 20.4 Å². The number of ether oxygens (including phenoxy) is 1. The van der Waals surface area contributed by atoms with Crippen LogP contribution in [-0.4, -0.2) is 39.8 Å². The first kappa shape index (κ1) is 20.8. The number of likely N-dealkylation sites (tertiary alicyclic amines) is 1. The molecule has 1 aliphatic rings. The Kier molecular flexibility index (Phi) is 5.52. The monoisotopic (exact) mass is 440 g/mol. The summed E-state index contributed by atoms with van der Waals surface area (Å²) < 4.78 is 5.80. The number of nitrogens with two attached hydrogens (primary N) is 1. The Bertz CT molecular complexity index is 1290. The van der Waals surface area contributed by atoms with E-state index in [2.05, 4.69) is 22.2 Å². The van der Waals surface area contributed by atoms with Gasteiger partial charge in [-0.1, -0.05) is 0 Å². The van der Waals surface area contributed by atoms with Crippen LogP contribution < -0.4 is 10.5 Å². The Morgan fingerprint density at radius 3 is 2.21 bits per heavy atom.